The summed E-state index contributed by atoms with van der Waals surface area (Å²) in [7, 11) is 0. The molecule has 0 rings (SSSR count). The fourth-order valence-corrected chi connectivity index (χ4v) is 0. The number of carboxylic acid groups (broad SMARTS) is 1. The van der Waals surface area contributed by atoms with Crippen molar-refractivity contribution in [3.8, 4) is 0 Å². The maximum absolute atomic E-state index is 9.51. The summed E-state index contributed by atoms with van der Waals surface area (Å²) in [5, 5.41) is 15.2. The molecular weight excluding hydrogens is 209 g/mol. The Morgan fingerprint density at radius 1 is 1.80 bits per heavy atom. The van der Waals surface area contributed by atoms with Gasteiger partial charge in [0.2, 0.25) is 0 Å². The van der Waals surface area contributed by atoms with Crippen molar-refractivity contribution < 1.29 is 42.6 Å². The average Bonchev–Trinajstić information content (AvgIpc) is 1.68. The van der Waals surface area contributed by atoms with Crippen LogP contribution in [0.4, 0.5) is 0 Å². The van der Waals surface area contributed by atoms with Gasteiger partial charge in [0.25, 0.3) is 5.97 Å². The molecule has 1 atom stereocenters. The van der Waals surface area contributed by atoms with E-state index >= 15 is 0 Å². The van der Waals surface area contributed by atoms with E-state index in [1.165, 1.54) is 6.92 Å². The van der Waals surface area contributed by atoms with E-state index in [-0.39, 0.29) is 32.7 Å². The number of hydrogen-bond donors (Lipinski definition) is 1. The number of rotatable bonds is 1. The Morgan fingerprint density at radius 3 is 1.90 bits per heavy atom. The number of aliphatic carboxylic acids is 1. The van der Waals surface area contributed by atoms with Crippen LogP contribution in [-0.2, 0) is 37.5 Å². The van der Waals surface area contributed by atoms with Crippen molar-refractivity contribution in [2.75, 3.05) is 0 Å². The zero-order valence-electron chi connectivity index (χ0n) is 6.03. The van der Waals surface area contributed by atoms with Crippen LogP contribution in [0.25, 0.3) is 11.1 Å². The standard InChI is InChI=1S/C3H6NO2.C2H4N.Y/c1-2(4)3(5)6;1-2-3;/h2,4H,1H3,(H,5,6);2H,1H3;/q2*-1;. The van der Waals surface area contributed by atoms with Crippen LogP contribution in [0.3, 0.4) is 0 Å². The van der Waals surface area contributed by atoms with Crippen molar-refractivity contribution in [3.63, 3.8) is 0 Å². The fourth-order valence-electron chi connectivity index (χ4n) is 0. The second-order valence-electron chi connectivity index (χ2n) is 1.32. The minimum atomic E-state index is -1.07. The van der Waals surface area contributed by atoms with Crippen LogP contribution in [0.2, 0.25) is 0 Å². The van der Waals surface area contributed by atoms with Gasteiger partial charge in [-0.2, -0.15) is 0 Å². The van der Waals surface area contributed by atoms with E-state index in [0.717, 1.165) is 6.21 Å². The van der Waals surface area contributed by atoms with Gasteiger partial charge in [0.15, 0.2) is 0 Å². The molecule has 0 aliphatic heterocycles. The van der Waals surface area contributed by atoms with Crippen molar-refractivity contribution in [2.45, 2.75) is 19.9 Å². The predicted molar refractivity (Wildman–Crippen MR) is 36.5 cm³/mol. The monoisotopic (exact) mass is 219 g/mol. The molecule has 0 bridgehead atoms. The van der Waals surface area contributed by atoms with Gasteiger partial charge >= 0.3 is 0 Å². The summed E-state index contributed by atoms with van der Waals surface area (Å²) < 4.78 is 0. The molecule has 0 heterocycles. The van der Waals surface area contributed by atoms with E-state index in [2.05, 4.69) is 0 Å². The number of hydrogen-bond acceptors (Lipinski definition) is 1. The molecule has 1 unspecified atom stereocenters. The molecule has 0 amide bonds. The molecule has 0 fully saturated rings. The maximum Gasteiger partial charge on any atom is 0.285 e. The molecule has 10 heavy (non-hydrogen) atoms. The van der Waals surface area contributed by atoms with Crippen molar-refractivity contribution in [1.29, 1.82) is 0 Å². The molecule has 5 heteroatoms. The molecule has 0 aromatic carbocycles. The molecule has 0 saturated carbocycles. The Kier molecular flexibility index (Phi) is 19.9. The van der Waals surface area contributed by atoms with Crippen LogP contribution in [0, 0.1) is 0 Å². The summed E-state index contributed by atoms with van der Waals surface area (Å²) >= 11 is 0. The van der Waals surface area contributed by atoms with Gasteiger partial charge in [0, 0.05) is 32.7 Å². The summed E-state index contributed by atoms with van der Waals surface area (Å²) in [6, 6.07) is -0.981. The molecule has 0 spiro atoms. The maximum atomic E-state index is 9.51. The number of carboxylic acids is 1. The first-order valence-electron chi connectivity index (χ1n) is 2.42. The molecule has 2 N–H and O–H groups in total. The quantitative estimate of drug-likeness (QED) is 0.671. The minimum absolute atomic E-state index is 0. The van der Waals surface area contributed by atoms with Crippen LogP contribution < -0.4 is 0 Å². The Hall–Kier alpha value is 0.204. The predicted octanol–water partition coefficient (Wildman–Crippen LogP) is 1.16. The normalized spacial score (nSPS) is 9.50. The summed E-state index contributed by atoms with van der Waals surface area (Å²) in [4.78, 5) is 9.51. The molecule has 0 saturated heterocycles. The van der Waals surface area contributed by atoms with Crippen LogP contribution in [0.5, 0.6) is 0 Å². The number of carbonyl (C=O) groups is 1. The van der Waals surface area contributed by atoms with Crippen LogP contribution in [0.1, 0.15) is 13.8 Å². The largest absolute Gasteiger partial charge is 0.814 e. The third-order valence-corrected chi connectivity index (χ3v) is 0.370. The van der Waals surface area contributed by atoms with Gasteiger partial charge in [0.05, 0.1) is 0 Å². The summed E-state index contributed by atoms with van der Waals surface area (Å²) in [6.07, 6.45) is 1.00. The first kappa shape index (κ1) is 16.7. The smallest absolute Gasteiger partial charge is 0.285 e. The third kappa shape index (κ3) is 24.1. The van der Waals surface area contributed by atoms with Gasteiger partial charge < -0.3 is 16.2 Å². The van der Waals surface area contributed by atoms with Crippen LogP contribution in [-0.4, -0.2) is 23.3 Å². The van der Waals surface area contributed by atoms with Gasteiger partial charge in [-0.15, -0.1) is 0 Å². The van der Waals surface area contributed by atoms with Gasteiger partial charge in [-0.3, -0.25) is 4.79 Å². The molecule has 0 aromatic rings. The van der Waals surface area contributed by atoms with E-state index in [0.29, 0.717) is 0 Å². The Morgan fingerprint density at radius 2 is 1.90 bits per heavy atom. The van der Waals surface area contributed by atoms with Gasteiger partial charge in [-0.05, 0) is 6.04 Å². The van der Waals surface area contributed by atoms with Crippen molar-refractivity contribution >= 4 is 12.2 Å². The molecule has 0 aliphatic carbocycles. The van der Waals surface area contributed by atoms with Crippen molar-refractivity contribution in [1.82, 2.24) is 0 Å². The Bertz CT molecular complexity index is 95.6. The van der Waals surface area contributed by atoms with Crippen LogP contribution >= 0.6 is 0 Å². The van der Waals surface area contributed by atoms with E-state index in [1.54, 1.807) is 6.92 Å². The SMILES string of the molecule is CC([NH-])C(=O)O.CC=[N-].[Y]. The molecule has 0 aromatic heterocycles. The Balaban J connectivity index is -0.000000107. The van der Waals surface area contributed by atoms with Crippen molar-refractivity contribution in [2.24, 2.45) is 0 Å². The van der Waals surface area contributed by atoms with E-state index in [9.17, 15) is 4.79 Å². The second-order valence-corrected chi connectivity index (χ2v) is 1.32. The minimum Gasteiger partial charge on any atom is -0.814 e. The van der Waals surface area contributed by atoms with Crippen LogP contribution in [0.15, 0.2) is 0 Å². The zero-order chi connectivity index (χ0) is 7.86. The summed E-state index contributed by atoms with van der Waals surface area (Å²) in [5.41, 5.74) is 6.43. The summed E-state index contributed by atoms with van der Waals surface area (Å²) in [6.45, 7) is 2.86. The summed E-state index contributed by atoms with van der Waals surface area (Å²) in [5.74, 6) is -1.07. The molecule has 4 nitrogen and oxygen atoms in total. The van der Waals surface area contributed by atoms with Gasteiger partial charge in [0.1, 0.15) is 0 Å². The topological polar surface area (TPSA) is 83.4 Å². The van der Waals surface area contributed by atoms with E-state index in [1.807, 2.05) is 0 Å². The van der Waals surface area contributed by atoms with E-state index in [4.69, 9.17) is 16.2 Å². The van der Waals surface area contributed by atoms with Gasteiger partial charge in [-0.1, -0.05) is 13.8 Å². The van der Waals surface area contributed by atoms with E-state index < -0.39 is 12.0 Å². The fraction of sp³-hybridized carbons (Fsp3) is 0.600. The number of nitrogens with one attached hydrogen (secondary N) is 1. The third-order valence-electron chi connectivity index (χ3n) is 0.370. The first-order chi connectivity index (χ1) is 4.06. The molecule has 1 radical (unpaired) electrons. The first-order valence-corrected chi connectivity index (χ1v) is 2.42. The zero-order valence-corrected chi connectivity index (χ0v) is 8.87. The molecular formula is C5H10N2O2Y-2. The number of nitrogens with zero attached hydrogens (tertiary/aromatic N) is 1. The second kappa shape index (κ2) is 11.9. The average molecular weight is 219 g/mol. The Labute approximate surface area is 85.6 Å². The molecule has 57 valence electrons. The van der Waals surface area contributed by atoms with Gasteiger partial charge in [-0.25, -0.2) is 6.21 Å². The van der Waals surface area contributed by atoms with Crippen molar-refractivity contribution in [3.05, 3.63) is 11.1 Å². The molecule has 0 aliphatic rings.